The minimum absolute atomic E-state index is 0.0986. The third-order valence-corrected chi connectivity index (χ3v) is 4.97. The smallest absolute Gasteiger partial charge is 0.188 e. The van der Waals surface area contributed by atoms with Crippen LogP contribution in [-0.4, -0.2) is 34.9 Å². The second-order valence-corrected chi connectivity index (χ2v) is 6.67. The Bertz CT molecular complexity index is 521. The van der Waals surface area contributed by atoms with Crippen molar-refractivity contribution in [2.75, 3.05) is 13.2 Å². The SMILES string of the molecule is CCn1cc([C@@H]2OCC[C@H]2CN=C(N)NC2CCCCC2)cn1. The molecule has 1 aliphatic carbocycles. The van der Waals surface area contributed by atoms with Gasteiger partial charge in [0.15, 0.2) is 5.96 Å². The maximum Gasteiger partial charge on any atom is 0.188 e. The van der Waals surface area contributed by atoms with Gasteiger partial charge in [-0.2, -0.15) is 5.10 Å². The highest BCUT2D eigenvalue weighted by molar-refractivity contribution is 5.78. The van der Waals surface area contributed by atoms with Crippen molar-refractivity contribution in [2.24, 2.45) is 16.6 Å². The van der Waals surface area contributed by atoms with Crippen LogP contribution in [0.4, 0.5) is 0 Å². The van der Waals surface area contributed by atoms with Crippen molar-refractivity contribution in [1.29, 1.82) is 0 Å². The molecule has 0 radical (unpaired) electrons. The summed E-state index contributed by atoms with van der Waals surface area (Å²) in [5.41, 5.74) is 7.23. The van der Waals surface area contributed by atoms with E-state index in [9.17, 15) is 0 Å². The zero-order chi connectivity index (χ0) is 16.1. The topological polar surface area (TPSA) is 77.5 Å². The molecule has 0 amide bonds. The van der Waals surface area contributed by atoms with Crippen molar-refractivity contribution >= 4 is 5.96 Å². The lowest BCUT2D eigenvalue weighted by Crippen LogP contribution is -2.41. The molecule has 1 aromatic rings. The van der Waals surface area contributed by atoms with Gasteiger partial charge in [0.2, 0.25) is 0 Å². The fraction of sp³-hybridized carbons (Fsp3) is 0.765. The van der Waals surface area contributed by atoms with Crippen LogP contribution < -0.4 is 11.1 Å². The number of nitrogens with two attached hydrogens (primary N) is 1. The lowest BCUT2D eigenvalue weighted by molar-refractivity contribution is 0.0925. The molecule has 3 rings (SSSR count). The van der Waals surface area contributed by atoms with Crippen molar-refractivity contribution in [3.8, 4) is 0 Å². The minimum Gasteiger partial charge on any atom is -0.373 e. The van der Waals surface area contributed by atoms with Crippen LogP contribution in [0.2, 0.25) is 0 Å². The van der Waals surface area contributed by atoms with Gasteiger partial charge in [-0.25, -0.2) is 0 Å². The number of hydrogen-bond acceptors (Lipinski definition) is 3. The Hall–Kier alpha value is -1.56. The molecule has 2 heterocycles. The molecule has 0 aromatic carbocycles. The second kappa shape index (κ2) is 7.81. The standard InChI is InChI=1S/C17H29N5O/c1-2-22-12-14(11-20-22)16-13(8-9-23-16)10-19-17(18)21-15-6-4-3-5-7-15/h11-13,15-16H,2-10H2,1H3,(H3,18,19,21)/t13-,16+/m0/s1. The number of guanidine groups is 1. The first-order valence-corrected chi connectivity index (χ1v) is 8.96. The Labute approximate surface area is 138 Å². The van der Waals surface area contributed by atoms with Gasteiger partial charge in [0, 0.05) is 43.4 Å². The molecule has 3 N–H and O–H groups in total. The molecule has 0 unspecified atom stereocenters. The summed E-state index contributed by atoms with van der Waals surface area (Å²) in [7, 11) is 0. The molecule has 0 spiro atoms. The average molecular weight is 319 g/mol. The largest absolute Gasteiger partial charge is 0.373 e. The van der Waals surface area contributed by atoms with Gasteiger partial charge < -0.3 is 15.8 Å². The zero-order valence-corrected chi connectivity index (χ0v) is 14.1. The van der Waals surface area contributed by atoms with Crippen molar-refractivity contribution in [2.45, 2.75) is 64.1 Å². The molecule has 1 aromatic heterocycles. The fourth-order valence-corrected chi connectivity index (χ4v) is 3.61. The third-order valence-electron chi connectivity index (χ3n) is 4.97. The van der Waals surface area contributed by atoms with E-state index in [-0.39, 0.29) is 6.10 Å². The maximum atomic E-state index is 6.07. The number of nitrogens with one attached hydrogen (secondary N) is 1. The van der Waals surface area contributed by atoms with E-state index in [1.54, 1.807) is 0 Å². The number of nitrogens with zero attached hydrogens (tertiary/aromatic N) is 3. The quantitative estimate of drug-likeness (QED) is 0.644. The first-order chi connectivity index (χ1) is 11.3. The number of aliphatic imine (C=N–C) groups is 1. The maximum absolute atomic E-state index is 6.07. The highest BCUT2D eigenvalue weighted by Gasteiger charge is 2.30. The van der Waals surface area contributed by atoms with E-state index in [1.165, 1.54) is 32.1 Å². The van der Waals surface area contributed by atoms with Gasteiger partial charge in [-0.15, -0.1) is 0 Å². The van der Waals surface area contributed by atoms with Crippen LogP contribution >= 0.6 is 0 Å². The van der Waals surface area contributed by atoms with Gasteiger partial charge in [0.05, 0.1) is 12.3 Å². The lowest BCUT2D eigenvalue weighted by Gasteiger charge is -2.23. The lowest BCUT2D eigenvalue weighted by atomic mass is 9.96. The number of rotatable bonds is 5. The molecule has 23 heavy (non-hydrogen) atoms. The van der Waals surface area contributed by atoms with Crippen LogP contribution in [-0.2, 0) is 11.3 Å². The van der Waals surface area contributed by atoms with Gasteiger partial charge in [-0.1, -0.05) is 19.3 Å². The Morgan fingerprint density at radius 1 is 1.39 bits per heavy atom. The monoisotopic (exact) mass is 319 g/mol. The highest BCUT2D eigenvalue weighted by atomic mass is 16.5. The van der Waals surface area contributed by atoms with Crippen LogP contribution in [0.1, 0.15) is 57.1 Å². The first-order valence-electron chi connectivity index (χ1n) is 8.96. The summed E-state index contributed by atoms with van der Waals surface area (Å²) in [6.45, 7) is 4.48. The summed E-state index contributed by atoms with van der Waals surface area (Å²) in [6, 6.07) is 0.505. The molecule has 6 nitrogen and oxygen atoms in total. The summed E-state index contributed by atoms with van der Waals surface area (Å²) < 4.78 is 7.85. The van der Waals surface area contributed by atoms with Gasteiger partial charge in [0.1, 0.15) is 0 Å². The molecule has 6 heteroatoms. The van der Waals surface area contributed by atoms with E-state index in [1.807, 2.05) is 10.9 Å². The van der Waals surface area contributed by atoms with E-state index in [0.29, 0.717) is 24.5 Å². The zero-order valence-electron chi connectivity index (χ0n) is 14.1. The molecule has 1 aliphatic heterocycles. The summed E-state index contributed by atoms with van der Waals surface area (Å²) in [6.07, 6.45) is 11.5. The molecular weight excluding hydrogens is 290 g/mol. The first kappa shape index (κ1) is 16.3. The molecule has 128 valence electrons. The van der Waals surface area contributed by atoms with E-state index in [0.717, 1.165) is 25.1 Å². The molecule has 2 atom stereocenters. The third kappa shape index (κ3) is 4.25. The molecule has 1 saturated carbocycles. The molecule has 1 saturated heterocycles. The van der Waals surface area contributed by atoms with Crippen molar-refractivity contribution in [1.82, 2.24) is 15.1 Å². The number of hydrogen-bond donors (Lipinski definition) is 2. The summed E-state index contributed by atoms with van der Waals surface area (Å²) in [4.78, 5) is 4.58. The average Bonchev–Trinajstić information content (AvgIpc) is 3.22. The predicted molar refractivity (Wildman–Crippen MR) is 91.2 cm³/mol. The Kier molecular flexibility index (Phi) is 5.54. The Morgan fingerprint density at radius 2 is 2.22 bits per heavy atom. The molecule has 0 bridgehead atoms. The van der Waals surface area contributed by atoms with E-state index < -0.39 is 0 Å². The second-order valence-electron chi connectivity index (χ2n) is 6.67. The van der Waals surface area contributed by atoms with E-state index in [4.69, 9.17) is 10.5 Å². The highest BCUT2D eigenvalue weighted by Crippen LogP contribution is 2.34. The predicted octanol–water partition coefficient (Wildman–Crippen LogP) is 2.22. The molecule has 2 fully saturated rings. The van der Waals surface area contributed by atoms with Gasteiger partial charge in [-0.3, -0.25) is 9.67 Å². The normalized spacial score (nSPS) is 26.6. The summed E-state index contributed by atoms with van der Waals surface area (Å²) in [5.74, 6) is 0.975. The van der Waals surface area contributed by atoms with E-state index in [2.05, 4.69) is 28.5 Å². The Balaban J connectivity index is 1.54. The van der Waals surface area contributed by atoms with Crippen molar-refractivity contribution < 1.29 is 4.74 Å². The van der Waals surface area contributed by atoms with Crippen LogP contribution in [0.25, 0.3) is 0 Å². The molecular formula is C17H29N5O. The van der Waals surface area contributed by atoms with Crippen molar-refractivity contribution in [3.05, 3.63) is 18.0 Å². The summed E-state index contributed by atoms with van der Waals surface area (Å²) >= 11 is 0. The van der Waals surface area contributed by atoms with E-state index >= 15 is 0 Å². The minimum atomic E-state index is 0.0986. The van der Waals surface area contributed by atoms with Crippen LogP contribution in [0.15, 0.2) is 17.4 Å². The van der Waals surface area contributed by atoms with Gasteiger partial charge in [0.25, 0.3) is 0 Å². The fourth-order valence-electron chi connectivity index (χ4n) is 3.61. The van der Waals surface area contributed by atoms with Crippen LogP contribution in [0, 0.1) is 5.92 Å². The number of aryl methyl sites for hydroxylation is 1. The van der Waals surface area contributed by atoms with Crippen molar-refractivity contribution in [3.63, 3.8) is 0 Å². The van der Waals surface area contributed by atoms with Gasteiger partial charge >= 0.3 is 0 Å². The molecule has 2 aliphatic rings. The van der Waals surface area contributed by atoms with Crippen LogP contribution in [0.3, 0.4) is 0 Å². The number of aromatic nitrogens is 2. The number of ether oxygens (including phenoxy) is 1. The Morgan fingerprint density at radius 3 is 2.96 bits per heavy atom. The summed E-state index contributed by atoms with van der Waals surface area (Å²) in [5, 5.41) is 7.73. The van der Waals surface area contributed by atoms with Gasteiger partial charge in [-0.05, 0) is 26.2 Å². The van der Waals surface area contributed by atoms with Crippen LogP contribution in [0.5, 0.6) is 0 Å².